The average Bonchev–Trinajstić information content (AvgIpc) is 2.29. The molecule has 1 aromatic carbocycles. The van der Waals surface area contributed by atoms with E-state index in [2.05, 4.69) is 24.3 Å². The molecule has 3 N–H and O–H groups in total. The summed E-state index contributed by atoms with van der Waals surface area (Å²) in [6, 6.07) is 8.20. The van der Waals surface area contributed by atoms with Gasteiger partial charge in [-0.1, -0.05) is 12.1 Å². The number of thioether (sulfide) groups is 1. The second-order valence-corrected chi connectivity index (χ2v) is 4.86. The quantitative estimate of drug-likeness (QED) is 0.762. The van der Waals surface area contributed by atoms with Crippen molar-refractivity contribution in [3.63, 3.8) is 0 Å². The Bertz CT molecular complexity index is 313. The van der Waals surface area contributed by atoms with E-state index in [1.54, 1.807) is 11.8 Å². The van der Waals surface area contributed by atoms with E-state index >= 15 is 0 Å². The van der Waals surface area contributed by atoms with Crippen LogP contribution < -0.4 is 5.73 Å². The van der Waals surface area contributed by atoms with Crippen LogP contribution in [0.4, 0.5) is 0 Å². The fourth-order valence-corrected chi connectivity index (χ4v) is 2.20. The van der Waals surface area contributed by atoms with Crippen LogP contribution in [0.15, 0.2) is 29.2 Å². The molecule has 3 nitrogen and oxygen atoms in total. The predicted octanol–water partition coefficient (Wildman–Crippen LogP) is 1.33. The molecule has 2 atom stereocenters. The first-order chi connectivity index (χ1) is 7.60. The molecule has 0 spiro atoms. The van der Waals surface area contributed by atoms with Gasteiger partial charge in [-0.2, -0.15) is 0 Å². The molecule has 1 rings (SSSR count). The molecule has 16 heavy (non-hydrogen) atoms. The first-order valence-corrected chi connectivity index (χ1v) is 6.51. The van der Waals surface area contributed by atoms with Crippen LogP contribution in [0.2, 0.25) is 0 Å². The van der Waals surface area contributed by atoms with Crippen molar-refractivity contribution in [1.29, 1.82) is 0 Å². The number of aliphatic hydroxyl groups excluding tert-OH is 1. The zero-order chi connectivity index (χ0) is 12.1. The summed E-state index contributed by atoms with van der Waals surface area (Å²) in [7, 11) is 3.90. The highest BCUT2D eigenvalue weighted by Gasteiger charge is 2.21. The Balaban J connectivity index is 2.92. The van der Waals surface area contributed by atoms with Gasteiger partial charge in [0.15, 0.2) is 0 Å². The van der Waals surface area contributed by atoms with Crippen molar-refractivity contribution in [2.24, 2.45) is 5.73 Å². The van der Waals surface area contributed by atoms with Crippen LogP contribution in [0.1, 0.15) is 11.6 Å². The van der Waals surface area contributed by atoms with E-state index in [9.17, 15) is 5.11 Å². The number of nitrogens with zero attached hydrogens (tertiary/aromatic N) is 1. The zero-order valence-corrected chi connectivity index (χ0v) is 10.9. The van der Waals surface area contributed by atoms with Gasteiger partial charge in [0.25, 0.3) is 0 Å². The second-order valence-electron chi connectivity index (χ2n) is 3.98. The Hall–Kier alpha value is -0.550. The Labute approximate surface area is 102 Å². The summed E-state index contributed by atoms with van der Waals surface area (Å²) in [4.78, 5) is 3.22. The summed E-state index contributed by atoms with van der Waals surface area (Å²) in [6.45, 7) is 0.271. The molecular weight excluding hydrogens is 220 g/mol. The van der Waals surface area contributed by atoms with Gasteiger partial charge in [0.1, 0.15) is 0 Å². The van der Waals surface area contributed by atoms with Crippen molar-refractivity contribution in [3.05, 3.63) is 29.8 Å². The van der Waals surface area contributed by atoms with Gasteiger partial charge >= 0.3 is 0 Å². The van der Waals surface area contributed by atoms with Crippen LogP contribution in [0.25, 0.3) is 0 Å². The maximum atomic E-state index is 9.90. The lowest BCUT2D eigenvalue weighted by Crippen LogP contribution is -2.36. The molecule has 4 heteroatoms. The Kier molecular flexibility index (Phi) is 5.28. The number of likely N-dealkylation sites (N-methyl/N-ethyl adjacent to an activating group) is 1. The number of benzene rings is 1. The predicted molar refractivity (Wildman–Crippen MR) is 69.7 cm³/mol. The molecule has 0 bridgehead atoms. The van der Waals surface area contributed by atoms with Crippen molar-refractivity contribution in [2.75, 3.05) is 26.9 Å². The monoisotopic (exact) mass is 240 g/mol. The van der Waals surface area contributed by atoms with Gasteiger partial charge in [0.2, 0.25) is 0 Å². The lowest BCUT2D eigenvalue weighted by molar-refractivity contribution is 0.0823. The topological polar surface area (TPSA) is 49.5 Å². The van der Waals surface area contributed by atoms with Crippen LogP contribution in [0.3, 0.4) is 0 Å². The third kappa shape index (κ3) is 3.22. The van der Waals surface area contributed by atoms with Crippen molar-refractivity contribution in [3.8, 4) is 0 Å². The van der Waals surface area contributed by atoms with Gasteiger partial charge < -0.3 is 15.7 Å². The minimum atomic E-state index is -0.532. The highest BCUT2D eigenvalue weighted by atomic mass is 32.2. The minimum absolute atomic E-state index is 0.0408. The largest absolute Gasteiger partial charge is 0.390 e. The highest BCUT2D eigenvalue weighted by Crippen LogP contribution is 2.24. The van der Waals surface area contributed by atoms with Crippen LogP contribution in [-0.4, -0.2) is 43.0 Å². The maximum Gasteiger partial charge on any atom is 0.0858 e. The van der Waals surface area contributed by atoms with Crippen LogP contribution >= 0.6 is 11.8 Å². The van der Waals surface area contributed by atoms with E-state index in [0.717, 1.165) is 5.56 Å². The van der Waals surface area contributed by atoms with Gasteiger partial charge in [-0.3, -0.25) is 0 Å². The molecule has 0 saturated carbocycles. The third-order valence-electron chi connectivity index (χ3n) is 2.62. The Morgan fingerprint density at radius 1 is 1.31 bits per heavy atom. The summed E-state index contributed by atoms with van der Waals surface area (Å²) in [5.74, 6) is 0. The van der Waals surface area contributed by atoms with Crippen LogP contribution in [-0.2, 0) is 0 Å². The minimum Gasteiger partial charge on any atom is -0.390 e. The van der Waals surface area contributed by atoms with E-state index < -0.39 is 6.10 Å². The van der Waals surface area contributed by atoms with E-state index in [1.807, 2.05) is 25.3 Å². The number of nitrogens with two attached hydrogens (primary N) is 1. The van der Waals surface area contributed by atoms with Gasteiger partial charge in [0.05, 0.1) is 12.1 Å². The molecular formula is C12H20N2OS. The molecule has 0 aliphatic carbocycles. The molecule has 0 heterocycles. The second kappa shape index (κ2) is 6.25. The molecule has 0 saturated heterocycles. The first kappa shape index (κ1) is 13.5. The number of aliphatic hydroxyl groups is 1. The van der Waals surface area contributed by atoms with Crippen molar-refractivity contribution in [2.45, 2.75) is 17.0 Å². The highest BCUT2D eigenvalue weighted by molar-refractivity contribution is 7.98. The Morgan fingerprint density at radius 2 is 1.88 bits per heavy atom. The van der Waals surface area contributed by atoms with Gasteiger partial charge in [-0.05, 0) is 38.0 Å². The van der Waals surface area contributed by atoms with Crippen molar-refractivity contribution < 1.29 is 5.11 Å². The third-order valence-corrected chi connectivity index (χ3v) is 3.36. The van der Waals surface area contributed by atoms with Crippen LogP contribution in [0, 0.1) is 0 Å². The molecule has 0 aromatic heterocycles. The maximum absolute atomic E-state index is 9.90. The fraction of sp³-hybridized carbons (Fsp3) is 0.500. The Morgan fingerprint density at radius 3 is 2.25 bits per heavy atom. The molecule has 0 aliphatic rings. The van der Waals surface area contributed by atoms with E-state index in [4.69, 9.17) is 5.73 Å². The smallest absolute Gasteiger partial charge is 0.0858 e. The van der Waals surface area contributed by atoms with E-state index in [1.165, 1.54) is 4.90 Å². The summed E-state index contributed by atoms with van der Waals surface area (Å²) >= 11 is 1.71. The number of hydrogen-bond acceptors (Lipinski definition) is 4. The molecule has 1 aromatic rings. The standard InChI is InChI=1S/C12H20N2OS/c1-14(2)12(11(15)8-13)9-4-6-10(16-3)7-5-9/h4-7,11-12,15H,8,13H2,1-3H3. The van der Waals surface area contributed by atoms with Crippen molar-refractivity contribution in [1.82, 2.24) is 4.90 Å². The summed E-state index contributed by atoms with van der Waals surface area (Å²) < 4.78 is 0. The SMILES string of the molecule is CSc1ccc(C(C(O)CN)N(C)C)cc1. The molecule has 2 unspecified atom stereocenters. The molecule has 0 radical (unpaired) electrons. The van der Waals surface area contributed by atoms with E-state index in [-0.39, 0.29) is 12.6 Å². The molecule has 0 aliphatic heterocycles. The lowest BCUT2D eigenvalue weighted by Gasteiger charge is -2.28. The first-order valence-electron chi connectivity index (χ1n) is 5.28. The fourth-order valence-electron chi connectivity index (χ4n) is 1.79. The van der Waals surface area contributed by atoms with Crippen molar-refractivity contribution >= 4 is 11.8 Å². The molecule has 0 fully saturated rings. The number of hydrogen-bond donors (Lipinski definition) is 2. The van der Waals surface area contributed by atoms with Gasteiger partial charge in [-0.15, -0.1) is 11.8 Å². The van der Waals surface area contributed by atoms with Gasteiger partial charge in [0, 0.05) is 11.4 Å². The molecule has 90 valence electrons. The zero-order valence-electron chi connectivity index (χ0n) is 10.1. The average molecular weight is 240 g/mol. The molecule has 0 amide bonds. The normalized spacial score (nSPS) is 15.1. The summed E-state index contributed by atoms with van der Waals surface area (Å²) in [5.41, 5.74) is 6.62. The van der Waals surface area contributed by atoms with E-state index in [0.29, 0.717) is 0 Å². The number of rotatable bonds is 5. The summed E-state index contributed by atoms with van der Waals surface area (Å²) in [5, 5.41) is 9.90. The van der Waals surface area contributed by atoms with Crippen LogP contribution in [0.5, 0.6) is 0 Å². The summed E-state index contributed by atoms with van der Waals surface area (Å²) in [6.07, 6.45) is 1.52. The lowest BCUT2D eigenvalue weighted by atomic mass is 10.0. The van der Waals surface area contributed by atoms with Gasteiger partial charge in [-0.25, -0.2) is 0 Å².